The third kappa shape index (κ3) is 4.01. The molecule has 0 unspecified atom stereocenters. The lowest BCUT2D eigenvalue weighted by molar-refractivity contribution is -0.135. The molecule has 1 aromatic heterocycles. The molecule has 1 fully saturated rings. The van der Waals surface area contributed by atoms with Crippen molar-refractivity contribution in [3.63, 3.8) is 0 Å². The van der Waals surface area contributed by atoms with Crippen LogP contribution in [0.1, 0.15) is 49.7 Å². The van der Waals surface area contributed by atoms with Gasteiger partial charge in [-0.15, -0.1) is 11.3 Å². The Balaban J connectivity index is 1.67. The highest BCUT2D eigenvalue weighted by Gasteiger charge is 2.28. The van der Waals surface area contributed by atoms with Crippen molar-refractivity contribution in [3.05, 3.63) is 29.1 Å². The third-order valence-electron chi connectivity index (χ3n) is 4.92. The molecule has 5 nitrogen and oxygen atoms in total. The largest absolute Gasteiger partial charge is 0.462 e. The lowest BCUT2D eigenvalue weighted by Gasteiger charge is -2.39. The van der Waals surface area contributed by atoms with Crippen molar-refractivity contribution in [2.75, 3.05) is 18.5 Å². The van der Waals surface area contributed by atoms with Crippen LogP contribution in [0.25, 0.3) is 10.1 Å². The first kappa shape index (κ1) is 18.7. The van der Waals surface area contributed by atoms with Gasteiger partial charge in [-0.2, -0.15) is 0 Å². The highest BCUT2D eigenvalue weighted by Crippen LogP contribution is 2.29. The number of fused-ring (bicyclic) bond motifs is 1. The lowest BCUT2D eigenvalue weighted by Crippen LogP contribution is -2.49. The molecule has 0 radical (unpaired) electrons. The number of ether oxygens (including phenoxy) is 1. The van der Waals surface area contributed by atoms with Gasteiger partial charge in [0.05, 0.1) is 13.2 Å². The van der Waals surface area contributed by atoms with E-state index in [9.17, 15) is 9.59 Å². The molecule has 1 aliphatic rings. The summed E-state index contributed by atoms with van der Waals surface area (Å²) in [5.41, 5.74) is 0.886. The number of carbonyl (C=O) groups excluding carboxylic acids is 2. The minimum Gasteiger partial charge on any atom is -0.462 e. The fourth-order valence-corrected chi connectivity index (χ4v) is 4.57. The number of rotatable bonds is 5. The van der Waals surface area contributed by atoms with Crippen molar-refractivity contribution in [1.29, 1.82) is 0 Å². The summed E-state index contributed by atoms with van der Waals surface area (Å²) in [6.07, 6.45) is 3.35. The predicted octanol–water partition coefficient (Wildman–Crippen LogP) is 4.28. The molecule has 26 heavy (non-hydrogen) atoms. The normalized spacial score (nSPS) is 20.2. The van der Waals surface area contributed by atoms with Crippen LogP contribution in [0.5, 0.6) is 0 Å². The monoisotopic (exact) mass is 374 g/mol. The van der Waals surface area contributed by atoms with Gasteiger partial charge in [-0.1, -0.05) is 0 Å². The second-order valence-corrected chi connectivity index (χ2v) is 7.95. The molecule has 2 aromatic rings. The van der Waals surface area contributed by atoms with E-state index in [-0.39, 0.29) is 18.4 Å². The molecule has 3 rings (SSSR count). The Labute approximate surface area is 158 Å². The van der Waals surface area contributed by atoms with Crippen LogP contribution in [-0.4, -0.2) is 42.0 Å². The first-order chi connectivity index (χ1) is 12.5. The molecule has 6 heteroatoms. The van der Waals surface area contributed by atoms with E-state index < -0.39 is 0 Å². The van der Waals surface area contributed by atoms with Crippen molar-refractivity contribution in [2.24, 2.45) is 0 Å². The van der Waals surface area contributed by atoms with E-state index in [4.69, 9.17) is 4.74 Å². The van der Waals surface area contributed by atoms with Crippen molar-refractivity contribution >= 4 is 39.0 Å². The molecular formula is C20H26N2O3S. The van der Waals surface area contributed by atoms with Gasteiger partial charge in [-0.05, 0) is 69.7 Å². The molecule has 1 aromatic carbocycles. The molecular weight excluding hydrogens is 348 g/mol. The number of esters is 1. The standard InChI is InChI=1S/C20H26N2O3S/c1-4-25-20(24)18-11-15-10-16(8-9-17(15)26-18)21-12-19(23)22-13(2)6-5-7-14(22)3/h8-11,13-14,21H,4-7,12H2,1-3H3/t13-,14+. The zero-order valence-corrected chi connectivity index (χ0v) is 16.4. The van der Waals surface area contributed by atoms with Crippen LogP contribution in [-0.2, 0) is 9.53 Å². The van der Waals surface area contributed by atoms with E-state index in [1.807, 2.05) is 29.2 Å². The molecule has 2 heterocycles. The number of amides is 1. The Morgan fingerprint density at radius 3 is 2.65 bits per heavy atom. The number of likely N-dealkylation sites (tertiary alicyclic amines) is 1. The molecule has 1 aliphatic heterocycles. The summed E-state index contributed by atoms with van der Waals surface area (Å²) in [7, 11) is 0. The Bertz CT molecular complexity index is 791. The van der Waals surface area contributed by atoms with Crippen LogP contribution < -0.4 is 5.32 Å². The average Bonchev–Trinajstić information content (AvgIpc) is 3.03. The van der Waals surface area contributed by atoms with Gasteiger partial charge in [-0.25, -0.2) is 4.79 Å². The summed E-state index contributed by atoms with van der Waals surface area (Å²) < 4.78 is 6.09. The molecule has 140 valence electrons. The lowest BCUT2D eigenvalue weighted by atomic mass is 9.97. The maximum absolute atomic E-state index is 12.6. The number of anilines is 1. The van der Waals surface area contributed by atoms with E-state index in [1.54, 1.807) is 6.92 Å². The van der Waals surface area contributed by atoms with Crippen molar-refractivity contribution in [2.45, 2.75) is 52.1 Å². The highest BCUT2D eigenvalue weighted by atomic mass is 32.1. The zero-order chi connectivity index (χ0) is 18.7. The molecule has 0 saturated carbocycles. The summed E-state index contributed by atoms with van der Waals surface area (Å²) in [4.78, 5) is 27.1. The second kappa shape index (κ2) is 8.08. The molecule has 2 atom stereocenters. The van der Waals surface area contributed by atoms with Crippen LogP contribution in [0.4, 0.5) is 5.69 Å². The van der Waals surface area contributed by atoms with E-state index in [2.05, 4.69) is 19.2 Å². The van der Waals surface area contributed by atoms with Crippen LogP contribution in [0.15, 0.2) is 24.3 Å². The maximum Gasteiger partial charge on any atom is 0.348 e. The van der Waals surface area contributed by atoms with Gasteiger partial charge in [0.1, 0.15) is 4.88 Å². The van der Waals surface area contributed by atoms with Crippen molar-refractivity contribution in [1.82, 2.24) is 4.90 Å². The summed E-state index contributed by atoms with van der Waals surface area (Å²) in [6, 6.07) is 8.36. The fourth-order valence-electron chi connectivity index (χ4n) is 3.64. The van der Waals surface area contributed by atoms with E-state index in [0.717, 1.165) is 28.6 Å². The molecule has 0 aliphatic carbocycles. The molecule has 1 saturated heterocycles. The van der Waals surface area contributed by atoms with Crippen molar-refractivity contribution in [3.8, 4) is 0 Å². The third-order valence-corrected chi connectivity index (χ3v) is 6.01. The minimum absolute atomic E-state index is 0.141. The van der Waals surface area contributed by atoms with Crippen LogP contribution in [0.2, 0.25) is 0 Å². The molecule has 1 N–H and O–H groups in total. The zero-order valence-electron chi connectivity index (χ0n) is 15.6. The quantitative estimate of drug-likeness (QED) is 0.794. The number of piperidine rings is 1. The van der Waals surface area contributed by atoms with E-state index in [1.165, 1.54) is 17.8 Å². The minimum atomic E-state index is -0.286. The second-order valence-electron chi connectivity index (χ2n) is 6.87. The number of hydrogen-bond acceptors (Lipinski definition) is 5. The fraction of sp³-hybridized carbons (Fsp3) is 0.500. The Kier molecular flexibility index (Phi) is 5.81. The number of nitrogens with one attached hydrogen (secondary N) is 1. The van der Waals surface area contributed by atoms with Gasteiger partial charge in [-0.3, -0.25) is 4.79 Å². The SMILES string of the molecule is CCOC(=O)c1cc2cc(NCC(=O)N3[C@H](C)CCC[C@@H]3C)ccc2s1. The number of hydrogen-bond donors (Lipinski definition) is 1. The van der Waals surface area contributed by atoms with Crippen LogP contribution >= 0.6 is 11.3 Å². The molecule has 0 bridgehead atoms. The predicted molar refractivity (Wildman–Crippen MR) is 106 cm³/mol. The Morgan fingerprint density at radius 2 is 1.96 bits per heavy atom. The van der Waals surface area contributed by atoms with Gasteiger partial charge in [0.25, 0.3) is 0 Å². The van der Waals surface area contributed by atoms with E-state index >= 15 is 0 Å². The van der Waals surface area contributed by atoms with Gasteiger partial charge < -0.3 is 15.0 Å². The number of nitrogens with zero attached hydrogens (tertiary/aromatic N) is 1. The Hall–Kier alpha value is -2.08. The van der Waals surface area contributed by atoms with Gasteiger partial charge >= 0.3 is 5.97 Å². The highest BCUT2D eigenvalue weighted by molar-refractivity contribution is 7.20. The van der Waals surface area contributed by atoms with Gasteiger partial charge in [0.15, 0.2) is 0 Å². The van der Waals surface area contributed by atoms with Crippen LogP contribution in [0.3, 0.4) is 0 Å². The average molecular weight is 375 g/mol. The topological polar surface area (TPSA) is 58.6 Å². The Morgan fingerprint density at radius 1 is 1.23 bits per heavy atom. The molecule has 1 amide bonds. The summed E-state index contributed by atoms with van der Waals surface area (Å²) in [5.74, 6) is -0.145. The number of carbonyl (C=O) groups is 2. The van der Waals surface area contributed by atoms with Crippen molar-refractivity contribution < 1.29 is 14.3 Å². The summed E-state index contributed by atoms with van der Waals surface area (Å²) in [6.45, 7) is 6.71. The van der Waals surface area contributed by atoms with Crippen LogP contribution in [0, 0.1) is 0 Å². The van der Waals surface area contributed by atoms with Gasteiger partial charge in [0.2, 0.25) is 5.91 Å². The maximum atomic E-state index is 12.6. The molecule has 0 spiro atoms. The summed E-state index contributed by atoms with van der Waals surface area (Å²) >= 11 is 1.42. The first-order valence-electron chi connectivity index (χ1n) is 9.25. The summed E-state index contributed by atoms with van der Waals surface area (Å²) in [5, 5.41) is 4.22. The number of benzene rings is 1. The van der Waals surface area contributed by atoms with Gasteiger partial charge in [0, 0.05) is 22.5 Å². The van der Waals surface area contributed by atoms with E-state index in [0.29, 0.717) is 23.6 Å². The smallest absolute Gasteiger partial charge is 0.348 e. The number of thiophene rings is 1. The first-order valence-corrected chi connectivity index (χ1v) is 10.1.